The van der Waals surface area contributed by atoms with Crippen LogP contribution in [-0.2, 0) is 15.7 Å². The van der Waals surface area contributed by atoms with E-state index in [-0.39, 0.29) is 17.8 Å². The molecule has 1 saturated heterocycles. The number of Topliss-reactive ketones (excluding diaryl/α,β-unsaturated/α-hetero) is 1. The molecule has 0 radical (unpaired) electrons. The second-order valence-electron chi connectivity index (χ2n) is 7.51. The summed E-state index contributed by atoms with van der Waals surface area (Å²) < 4.78 is 39.4. The minimum Gasteiger partial charge on any atom is -0.399 e. The van der Waals surface area contributed by atoms with Crippen LogP contribution >= 0.6 is 0 Å². The average Bonchev–Trinajstić information content (AvgIpc) is 2.79. The highest BCUT2D eigenvalue weighted by Gasteiger charge is 2.51. The topological polar surface area (TPSA) is 35.5 Å². The smallest absolute Gasteiger partial charge is 0.399 e. The summed E-state index contributed by atoms with van der Waals surface area (Å²) in [5.41, 5.74) is 0.0565. The van der Waals surface area contributed by atoms with Gasteiger partial charge in [-0.25, -0.2) is 8.78 Å². The largest absolute Gasteiger partial charge is 0.494 e. The van der Waals surface area contributed by atoms with Gasteiger partial charge < -0.3 is 9.31 Å². The first kappa shape index (κ1) is 18.7. The number of hydrogen-bond donors (Lipinski definition) is 0. The molecule has 2 aromatic rings. The maximum absolute atomic E-state index is 13.7. The van der Waals surface area contributed by atoms with E-state index in [1.54, 1.807) is 24.3 Å². The van der Waals surface area contributed by atoms with Crippen molar-refractivity contribution >= 4 is 18.4 Å². The van der Waals surface area contributed by atoms with E-state index in [0.717, 1.165) is 17.6 Å². The van der Waals surface area contributed by atoms with E-state index in [2.05, 4.69) is 0 Å². The van der Waals surface area contributed by atoms with Crippen molar-refractivity contribution in [3.63, 3.8) is 0 Å². The first-order valence-corrected chi connectivity index (χ1v) is 8.52. The van der Waals surface area contributed by atoms with Gasteiger partial charge in [0.1, 0.15) is 11.6 Å². The fraction of sp³-hybridized carbons (Fsp3) is 0.350. The van der Waals surface area contributed by atoms with Crippen LogP contribution in [0.4, 0.5) is 8.78 Å². The summed E-state index contributed by atoms with van der Waals surface area (Å²) in [5, 5.41) is 0. The van der Waals surface area contributed by atoms with Crippen LogP contribution in [-0.4, -0.2) is 24.1 Å². The Morgan fingerprint density at radius 3 is 1.92 bits per heavy atom. The summed E-state index contributed by atoms with van der Waals surface area (Å²) in [6, 6.07) is 10.3. The monoisotopic (exact) mass is 358 g/mol. The molecule has 6 heteroatoms. The summed E-state index contributed by atoms with van der Waals surface area (Å²) in [7, 11) is -0.520. The van der Waals surface area contributed by atoms with Crippen LogP contribution < -0.4 is 5.46 Å². The van der Waals surface area contributed by atoms with Gasteiger partial charge in [-0.05, 0) is 45.3 Å². The van der Waals surface area contributed by atoms with E-state index in [9.17, 15) is 13.6 Å². The van der Waals surface area contributed by atoms with Gasteiger partial charge in [0.15, 0.2) is 5.78 Å². The molecule has 3 rings (SSSR count). The van der Waals surface area contributed by atoms with Crippen molar-refractivity contribution in [1.82, 2.24) is 0 Å². The van der Waals surface area contributed by atoms with E-state index in [1.807, 2.05) is 27.7 Å². The summed E-state index contributed by atoms with van der Waals surface area (Å²) in [5.74, 6) is -1.78. The second-order valence-corrected chi connectivity index (χ2v) is 7.51. The molecule has 1 fully saturated rings. The van der Waals surface area contributed by atoms with E-state index < -0.39 is 30.0 Å². The van der Waals surface area contributed by atoms with E-state index in [0.29, 0.717) is 5.56 Å². The molecule has 1 aliphatic rings. The zero-order chi connectivity index (χ0) is 19.1. The Balaban J connectivity index is 1.75. The van der Waals surface area contributed by atoms with Crippen LogP contribution in [0.3, 0.4) is 0 Å². The fourth-order valence-corrected chi connectivity index (χ4v) is 2.77. The molecule has 0 aromatic heterocycles. The third-order valence-electron chi connectivity index (χ3n) is 5.16. The highest BCUT2D eigenvalue weighted by Crippen LogP contribution is 2.36. The summed E-state index contributed by atoms with van der Waals surface area (Å²) >= 11 is 0. The lowest BCUT2D eigenvalue weighted by Gasteiger charge is -2.32. The van der Waals surface area contributed by atoms with Crippen LogP contribution in [0.5, 0.6) is 0 Å². The van der Waals surface area contributed by atoms with Crippen LogP contribution in [0.25, 0.3) is 0 Å². The molecule has 0 spiro atoms. The predicted octanol–water partition coefficient (Wildman–Crippen LogP) is 3.69. The number of rotatable bonds is 4. The number of carbonyl (C=O) groups excluding carboxylic acids is 1. The number of carbonyl (C=O) groups is 1. The van der Waals surface area contributed by atoms with Gasteiger partial charge in [0, 0.05) is 17.5 Å². The molecule has 0 atom stereocenters. The number of ketones is 1. The second kappa shape index (κ2) is 6.60. The molecule has 26 heavy (non-hydrogen) atoms. The quantitative estimate of drug-likeness (QED) is 0.618. The van der Waals surface area contributed by atoms with Crippen molar-refractivity contribution in [3.8, 4) is 0 Å². The molecule has 0 unspecified atom stereocenters. The van der Waals surface area contributed by atoms with Crippen LogP contribution in [0.15, 0.2) is 42.5 Å². The van der Waals surface area contributed by atoms with Crippen molar-refractivity contribution in [2.45, 2.75) is 45.3 Å². The van der Waals surface area contributed by atoms with Crippen molar-refractivity contribution in [1.29, 1.82) is 0 Å². The first-order chi connectivity index (χ1) is 12.1. The summed E-state index contributed by atoms with van der Waals surface area (Å²) in [4.78, 5) is 12.4. The van der Waals surface area contributed by atoms with Gasteiger partial charge in [0.2, 0.25) is 0 Å². The average molecular weight is 358 g/mol. The molecule has 3 nitrogen and oxygen atoms in total. The Kier molecular flexibility index (Phi) is 4.75. The van der Waals surface area contributed by atoms with Gasteiger partial charge in [-0.1, -0.05) is 30.3 Å². The highest BCUT2D eigenvalue weighted by molar-refractivity contribution is 6.62. The molecular formula is C20H21BF2O3. The van der Waals surface area contributed by atoms with E-state index in [4.69, 9.17) is 9.31 Å². The van der Waals surface area contributed by atoms with Crippen molar-refractivity contribution in [2.24, 2.45) is 0 Å². The minimum atomic E-state index is -0.716. The van der Waals surface area contributed by atoms with Gasteiger partial charge >= 0.3 is 7.12 Å². The van der Waals surface area contributed by atoms with Crippen molar-refractivity contribution in [2.75, 3.05) is 0 Å². The Morgan fingerprint density at radius 1 is 0.923 bits per heavy atom. The van der Waals surface area contributed by atoms with Crippen LogP contribution in [0.1, 0.15) is 43.6 Å². The lowest BCUT2D eigenvalue weighted by atomic mass is 9.78. The summed E-state index contributed by atoms with van der Waals surface area (Å²) in [6.45, 7) is 7.86. The highest BCUT2D eigenvalue weighted by atomic mass is 19.1. The number of hydrogen-bond acceptors (Lipinski definition) is 3. The predicted molar refractivity (Wildman–Crippen MR) is 96.6 cm³/mol. The van der Waals surface area contributed by atoms with Gasteiger partial charge in [-0.2, -0.15) is 0 Å². The third-order valence-corrected chi connectivity index (χ3v) is 5.16. The Hall–Kier alpha value is -2.05. The lowest BCUT2D eigenvalue weighted by Crippen LogP contribution is -2.41. The summed E-state index contributed by atoms with van der Waals surface area (Å²) in [6.07, 6.45) is -0.325. The zero-order valence-corrected chi connectivity index (χ0v) is 15.3. The molecule has 136 valence electrons. The van der Waals surface area contributed by atoms with Crippen molar-refractivity contribution < 1.29 is 22.9 Å². The third kappa shape index (κ3) is 3.44. The maximum Gasteiger partial charge on any atom is 0.494 e. The van der Waals surface area contributed by atoms with E-state index >= 15 is 0 Å². The maximum atomic E-state index is 13.7. The van der Waals surface area contributed by atoms with Crippen molar-refractivity contribution in [3.05, 3.63) is 65.2 Å². The standard InChI is InChI=1S/C20H21BF2O3/c1-19(2)20(3,4)26-21(25-19)14-10-8-13(9-11-14)18(24)12-15-16(22)6-5-7-17(15)23/h5-11H,12H2,1-4H3. The molecular weight excluding hydrogens is 337 g/mol. The molecule has 2 aromatic carbocycles. The van der Waals surface area contributed by atoms with Gasteiger partial charge in [0.05, 0.1) is 11.2 Å². The normalized spacial score (nSPS) is 18.2. The SMILES string of the molecule is CC1(C)OB(c2ccc(C(=O)Cc3c(F)cccc3F)cc2)OC1(C)C. The van der Waals surface area contributed by atoms with Gasteiger partial charge in [-0.15, -0.1) is 0 Å². The van der Waals surface area contributed by atoms with Gasteiger partial charge in [0.25, 0.3) is 0 Å². The molecule has 1 heterocycles. The minimum absolute atomic E-state index is 0.215. The fourth-order valence-electron chi connectivity index (χ4n) is 2.77. The Bertz CT molecular complexity index is 795. The molecule has 0 bridgehead atoms. The molecule has 0 amide bonds. The Labute approximate surface area is 152 Å². The Morgan fingerprint density at radius 2 is 1.42 bits per heavy atom. The number of benzene rings is 2. The molecule has 1 aliphatic heterocycles. The zero-order valence-electron chi connectivity index (χ0n) is 15.3. The molecule has 0 N–H and O–H groups in total. The first-order valence-electron chi connectivity index (χ1n) is 8.52. The number of halogens is 2. The van der Waals surface area contributed by atoms with Gasteiger partial charge in [-0.3, -0.25) is 4.79 Å². The molecule has 0 aliphatic carbocycles. The molecule has 0 saturated carbocycles. The lowest BCUT2D eigenvalue weighted by molar-refractivity contribution is 0.00578. The van der Waals surface area contributed by atoms with Crippen LogP contribution in [0.2, 0.25) is 0 Å². The van der Waals surface area contributed by atoms with E-state index in [1.165, 1.54) is 6.07 Å². The van der Waals surface area contributed by atoms with Crippen LogP contribution in [0, 0.1) is 11.6 Å².